The molecular formula is C15H27N3OS. The molecule has 0 radical (unpaired) electrons. The summed E-state index contributed by atoms with van der Waals surface area (Å²) in [6.45, 7) is 10.1. The summed E-state index contributed by atoms with van der Waals surface area (Å²) in [5.41, 5.74) is 1.14. The molecule has 0 spiro atoms. The van der Waals surface area contributed by atoms with E-state index in [1.54, 1.807) is 11.3 Å². The summed E-state index contributed by atoms with van der Waals surface area (Å²) in [4.78, 5) is 8.23. The van der Waals surface area contributed by atoms with Crippen LogP contribution in [0, 0.1) is 12.8 Å². The van der Waals surface area contributed by atoms with E-state index in [0.717, 1.165) is 43.0 Å². The van der Waals surface area contributed by atoms with Gasteiger partial charge in [-0.25, -0.2) is 4.98 Å². The Balaban J connectivity index is 1.82. The summed E-state index contributed by atoms with van der Waals surface area (Å²) in [5.74, 6) is 0.843. The number of hydrogen-bond donors (Lipinski definition) is 1. The minimum absolute atomic E-state index is 0.380. The SMILES string of the molecule is CCNC(C)c1sc(N(C)CCOCC2CC2)nc1C. The fraction of sp³-hybridized carbons (Fsp3) is 0.800. The normalized spacial score (nSPS) is 16.4. The second-order valence-corrected chi connectivity index (χ2v) is 6.67. The highest BCUT2D eigenvalue weighted by Crippen LogP contribution is 2.30. The van der Waals surface area contributed by atoms with E-state index in [1.807, 2.05) is 0 Å². The Morgan fingerprint density at radius 1 is 1.50 bits per heavy atom. The molecule has 114 valence electrons. The topological polar surface area (TPSA) is 37.4 Å². The quantitative estimate of drug-likeness (QED) is 0.711. The van der Waals surface area contributed by atoms with Crippen LogP contribution >= 0.6 is 11.3 Å². The molecule has 20 heavy (non-hydrogen) atoms. The minimum atomic E-state index is 0.380. The van der Waals surface area contributed by atoms with Gasteiger partial charge in [-0.1, -0.05) is 6.92 Å². The lowest BCUT2D eigenvalue weighted by Crippen LogP contribution is -2.22. The molecule has 1 unspecified atom stereocenters. The van der Waals surface area contributed by atoms with Gasteiger partial charge in [-0.15, -0.1) is 11.3 Å². The molecule has 0 aromatic carbocycles. The van der Waals surface area contributed by atoms with Crippen molar-refractivity contribution in [2.75, 3.05) is 38.3 Å². The molecule has 1 atom stereocenters. The molecule has 0 saturated heterocycles. The number of aromatic nitrogens is 1. The molecule has 5 heteroatoms. The van der Waals surface area contributed by atoms with Crippen LogP contribution in [0.2, 0.25) is 0 Å². The maximum absolute atomic E-state index is 5.70. The van der Waals surface area contributed by atoms with Gasteiger partial charge < -0.3 is 15.0 Å². The van der Waals surface area contributed by atoms with Crippen LogP contribution in [0.1, 0.15) is 43.3 Å². The summed E-state index contributed by atoms with van der Waals surface area (Å²) >= 11 is 1.79. The third-order valence-corrected chi connectivity index (χ3v) is 5.13. The van der Waals surface area contributed by atoms with Gasteiger partial charge in [-0.3, -0.25) is 0 Å². The zero-order chi connectivity index (χ0) is 14.5. The van der Waals surface area contributed by atoms with Crippen LogP contribution in [0.3, 0.4) is 0 Å². The number of nitrogens with zero attached hydrogens (tertiary/aromatic N) is 2. The molecule has 1 aliphatic carbocycles. The largest absolute Gasteiger partial charge is 0.379 e. The van der Waals surface area contributed by atoms with Crippen molar-refractivity contribution in [3.8, 4) is 0 Å². The highest BCUT2D eigenvalue weighted by Gasteiger charge is 2.21. The van der Waals surface area contributed by atoms with Crippen LogP contribution in [-0.4, -0.2) is 38.3 Å². The van der Waals surface area contributed by atoms with Crippen LogP contribution in [0.15, 0.2) is 0 Å². The number of ether oxygens (including phenoxy) is 1. The zero-order valence-corrected chi connectivity index (χ0v) is 13.9. The van der Waals surface area contributed by atoms with E-state index in [0.29, 0.717) is 6.04 Å². The summed E-state index contributed by atoms with van der Waals surface area (Å²) in [5, 5.41) is 4.55. The molecule has 2 rings (SSSR count). The van der Waals surface area contributed by atoms with E-state index in [1.165, 1.54) is 17.7 Å². The first kappa shape index (κ1) is 15.7. The van der Waals surface area contributed by atoms with Crippen molar-refractivity contribution in [1.29, 1.82) is 0 Å². The number of hydrogen-bond acceptors (Lipinski definition) is 5. The lowest BCUT2D eigenvalue weighted by atomic mass is 10.2. The smallest absolute Gasteiger partial charge is 0.185 e. The van der Waals surface area contributed by atoms with Crippen molar-refractivity contribution in [2.24, 2.45) is 5.92 Å². The fourth-order valence-electron chi connectivity index (χ4n) is 2.19. The predicted octanol–water partition coefficient (Wildman–Crippen LogP) is 2.98. The highest BCUT2D eigenvalue weighted by molar-refractivity contribution is 7.15. The summed E-state index contributed by atoms with van der Waals surface area (Å²) in [6.07, 6.45) is 2.71. The Hall–Kier alpha value is -0.650. The number of nitrogens with one attached hydrogen (secondary N) is 1. The molecule has 0 amide bonds. The van der Waals surface area contributed by atoms with Crippen molar-refractivity contribution >= 4 is 16.5 Å². The Kier molecular flexibility index (Phi) is 5.81. The van der Waals surface area contributed by atoms with Gasteiger partial charge in [0.25, 0.3) is 0 Å². The van der Waals surface area contributed by atoms with Gasteiger partial charge in [0.15, 0.2) is 5.13 Å². The van der Waals surface area contributed by atoms with Crippen LogP contribution < -0.4 is 10.2 Å². The lowest BCUT2D eigenvalue weighted by Gasteiger charge is -2.15. The summed E-state index contributed by atoms with van der Waals surface area (Å²) in [6, 6.07) is 0.380. The molecule has 1 aliphatic rings. The van der Waals surface area contributed by atoms with Gasteiger partial charge in [-0.2, -0.15) is 0 Å². The average molecular weight is 297 g/mol. The summed E-state index contributed by atoms with van der Waals surface area (Å²) < 4.78 is 5.70. The second kappa shape index (κ2) is 7.38. The van der Waals surface area contributed by atoms with E-state index in [4.69, 9.17) is 4.74 Å². The third kappa shape index (κ3) is 4.43. The Labute approximate surface area is 126 Å². The second-order valence-electron chi connectivity index (χ2n) is 5.67. The maximum Gasteiger partial charge on any atom is 0.185 e. The van der Waals surface area contributed by atoms with E-state index < -0.39 is 0 Å². The molecule has 1 fully saturated rings. The molecule has 1 heterocycles. The van der Waals surface area contributed by atoms with Crippen molar-refractivity contribution < 1.29 is 4.74 Å². The van der Waals surface area contributed by atoms with E-state index in [2.05, 4.69) is 43.0 Å². The Bertz CT molecular complexity index is 417. The van der Waals surface area contributed by atoms with Gasteiger partial charge >= 0.3 is 0 Å². The molecule has 1 saturated carbocycles. The Morgan fingerprint density at radius 2 is 2.25 bits per heavy atom. The van der Waals surface area contributed by atoms with E-state index in [9.17, 15) is 0 Å². The van der Waals surface area contributed by atoms with Crippen LogP contribution in [0.5, 0.6) is 0 Å². The van der Waals surface area contributed by atoms with Crippen LogP contribution in [0.25, 0.3) is 0 Å². The average Bonchev–Trinajstić information content (AvgIpc) is 3.15. The third-order valence-electron chi connectivity index (χ3n) is 3.67. The van der Waals surface area contributed by atoms with E-state index in [-0.39, 0.29) is 0 Å². The molecule has 1 N–H and O–H groups in total. The number of aryl methyl sites for hydroxylation is 1. The lowest BCUT2D eigenvalue weighted by molar-refractivity contribution is 0.131. The maximum atomic E-state index is 5.70. The number of likely N-dealkylation sites (N-methyl/N-ethyl adjacent to an activating group) is 1. The molecular weight excluding hydrogens is 270 g/mol. The van der Waals surface area contributed by atoms with Crippen LogP contribution in [-0.2, 0) is 4.74 Å². The first-order valence-electron chi connectivity index (χ1n) is 7.61. The molecule has 0 bridgehead atoms. The van der Waals surface area contributed by atoms with Gasteiger partial charge in [-0.05, 0) is 39.2 Å². The van der Waals surface area contributed by atoms with Crippen molar-refractivity contribution in [1.82, 2.24) is 10.3 Å². The molecule has 4 nitrogen and oxygen atoms in total. The van der Waals surface area contributed by atoms with Crippen molar-refractivity contribution in [3.05, 3.63) is 10.6 Å². The Morgan fingerprint density at radius 3 is 2.90 bits per heavy atom. The van der Waals surface area contributed by atoms with Gasteiger partial charge in [0.05, 0.1) is 12.3 Å². The van der Waals surface area contributed by atoms with Gasteiger partial charge in [0.2, 0.25) is 0 Å². The van der Waals surface area contributed by atoms with Crippen molar-refractivity contribution in [2.45, 2.75) is 39.7 Å². The van der Waals surface area contributed by atoms with Gasteiger partial charge in [0.1, 0.15) is 0 Å². The first-order chi connectivity index (χ1) is 9.61. The molecule has 1 aromatic rings. The minimum Gasteiger partial charge on any atom is -0.379 e. The fourth-order valence-corrected chi connectivity index (χ4v) is 3.27. The number of rotatable bonds is 9. The monoisotopic (exact) mass is 297 g/mol. The number of thiazole rings is 1. The molecule has 1 aromatic heterocycles. The van der Waals surface area contributed by atoms with Crippen molar-refractivity contribution in [3.63, 3.8) is 0 Å². The molecule has 0 aliphatic heterocycles. The zero-order valence-electron chi connectivity index (χ0n) is 13.1. The standard InChI is InChI=1S/C15H27N3OS/c1-5-16-11(2)14-12(3)17-15(20-14)18(4)8-9-19-10-13-6-7-13/h11,13,16H,5-10H2,1-4H3. The van der Waals surface area contributed by atoms with E-state index >= 15 is 0 Å². The van der Waals surface area contributed by atoms with Crippen LogP contribution in [0.4, 0.5) is 5.13 Å². The summed E-state index contributed by atoms with van der Waals surface area (Å²) in [7, 11) is 2.10. The highest BCUT2D eigenvalue weighted by atomic mass is 32.1. The predicted molar refractivity (Wildman–Crippen MR) is 85.8 cm³/mol. The van der Waals surface area contributed by atoms with Gasteiger partial charge in [0, 0.05) is 31.1 Å². The first-order valence-corrected chi connectivity index (χ1v) is 8.43. The number of anilines is 1.